The highest BCUT2D eigenvalue weighted by atomic mass is 32.2. The summed E-state index contributed by atoms with van der Waals surface area (Å²) in [5.74, 6) is -0.756. The minimum absolute atomic E-state index is 0.0640. The Labute approximate surface area is 98.6 Å². The van der Waals surface area contributed by atoms with Crippen molar-refractivity contribution in [2.75, 3.05) is 14.1 Å². The first-order valence-electron chi connectivity index (χ1n) is 4.54. The van der Waals surface area contributed by atoms with Gasteiger partial charge in [-0.3, -0.25) is 4.79 Å². The maximum atomic E-state index is 11.7. The molecular formula is C10H10N2O4S. The zero-order valence-electron chi connectivity index (χ0n) is 9.25. The van der Waals surface area contributed by atoms with Crippen molar-refractivity contribution >= 4 is 22.0 Å². The Kier molecular flexibility index (Phi) is 3.90. The van der Waals surface area contributed by atoms with Crippen LogP contribution in [0.4, 0.5) is 0 Å². The van der Waals surface area contributed by atoms with Crippen LogP contribution >= 0.6 is 0 Å². The van der Waals surface area contributed by atoms with E-state index in [1.165, 1.54) is 38.4 Å². The largest absolute Gasteiger partial charge is 0.287 e. The van der Waals surface area contributed by atoms with Crippen LogP contribution in [0.3, 0.4) is 0 Å². The van der Waals surface area contributed by atoms with Gasteiger partial charge in [-0.15, -0.1) is 4.99 Å². The molecule has 0 aliphatic carbocycles. The molecule has 0 aliphatic rings. The van der Waals surface area contributed by atoms with Gasteiger partial charge in [0.15, 0.2) is 0 Å². The first-order chi connectivity index (χ1) is 7.89. The van der Waals surface area contributed by atoms with Crippen molar-refractivity contribution in [2.24, 2.45) is 4.99 Å². The first-order valence-corrected chi connectivity index (χ1v) is 5.98. The monoisotopic (exact) mass is 254 g/mol. The fraction of sp³-hybridized carbons (Fsp3) is 0.200. The summed E-state index contributed by atoms with van der Waals surface area (Å²) in [6, 6.07) is 5.14. The van der Waals surface area contributed by atoms with Crippen LogP contribution in [0.15, 0.2) is 34.2 Å². The lowest BCUT2D eigenvalue weighted by molar-refractivity contribution is 0.100. The second kappa shape index (κ2) is 5.01. The lowest BCUT2D eigenvalue weighted by Gasteiger charge is -2.10. The maximum Gasteiger partial charge on any atom is 0.287 e. The molecule has 6 nitrogen and oxygen atoms in total. The number of hydrogen-bond donors (Lipinski definition) is 0. The number of benzene rings is 1. The molecular weight excluding hydrogens is 244 g/mol. The van der Waals surface area contributed by atoms with Crippen LogP contribution < -0.4 is 0 Å². The highest BCUT2D eigenvalue weighted by Crippen LogP contribution is 2.14. The number of aliphatic imine (C=N–C) groups is 1. The molecule has 0 bridgehead atoms. The van der Waals surface area contributed by atoms with Gasteiger partial charge in [0, 0.05) is 19.7 Å². The number of hydrogen-bond acceptors (Lipinski definition) is 4. The van der Waals surface area contributed by atoms with E-state index in [0.717, 1.165) is 10.4 Å². The molecule has 0 heterocycles. The van der Waals surface area contributed by atoms with E-state index in [-0.39, 0.29) is 10.5 Å². The van der Waals surface area contributed by atoms with E-state index in [1.807, 2.05) is 0 Å². The minimum Gasteiger partial charge on any atom is -0.266 e. The highest BCUT2D eigenvalue weighted by molar-refractivity contribution is 7.89. The number of rotatable bonds is 3. The van der Waals surface area contributed by atoms with Gasteiger partial charge in [-0.1, -0.05) is 0 Å². The van der Waals surface area contributed by atoms with Crippen molar-refractivity contribution in [1.29, 1.82) is 0 Å². The van der Waals surface area contributed by atoms with Gasteiger partial charge < -0.3 is 0 Å². The number of carbonyl (C=O) groups is 1. The van der Waals surface area contributed by atoms with Crippen LogP contribution in [0.1, 0.15) is 10.4 Å². The van der Waals surface area contributed by atoms with Crippen LogP contribution in [-0.4, -0.2) is 38.8 Å². The lowest BCUT2D eigenvalue weighted by Crippen LogP contribution is -2.22. The molecule has 0 radical (unpaired) electrons. The number of isocyanates is 1. The Bertz CT molecular complexity index is 569. The molecule has 0 saturated carbocycles. The molecule has 0 saturated heterocycles. The Hall–Kier alpha value is -1.82. The molecule has 90 valence electrons. The fourth-order valence-corrected chi connectivity index (χ4v) is 1.99. The van der Waals surface area contributed by atoms with E-state index in [1.54, 1.807) is 0 Å². The highest BCUT2D eigenvalue weighted by Gasteiger charge is 2.17. The van der Waals surface area contributed by atoms with Gasteiger partial charge in [0.2, 0.25) is 16.1 Å². The van der Waals surface area contributed by atoms with Gasteiger partial charge in [0.05, 0.1) is 4.90 Å². The average molecular weight is 254 g/mol. The fourth-order valence-electron chi connectivity index (χ4n) is 1.09. The van der Waals surface area contributed by atoms with Crippen LogP contribution in [0.25, 0.3) is 0 Å². The van der Waals surface area contributed by atoms with Crippen LogP contribution in [0, 0.1) is 0 Å². The molecule has 1 aromatic rings. The van der Waals surface area contributed by atoms with E-state index in [9.17, 15) is 18.0 Å². The van der Waals surface area contributed by atoms with Gasteiger partial charge in [-0.05, 0) is 24.3 Å². The summed E-state index contributed by atoms with van der Waals surface area (Å²) in [5.41, 5.74) is 0.131. The molecule has 1 aromatic carbocycles. The number of nitrogens with zero attached hydrogens (tertiary/aromatic N) is 2. The smallest absolute Gasteiger partial charge is 0.266 e. The Morgan fingerprint density at radius 3 is 2.18 bits per heavy atom. The summed E-state index contributed by atoms with van der Waals surface area (Å²) in [5, 5.41) is 0. The van der Waals surface area contributed by atoms with Gasteiger partial charge >= 0.3 is 0 Å². The predicted molar refractivity (Wildman–Crippen MR) is 59.8 cm³/mol. The van der Waals surface area contributed by atoms with Crippen molar-refractivity contribution in [3.05, 3.63) is 29.8 Å². The van der Waals surface area contributed by atoms with Gasteiger partial charge in [-0.25, -0.2) is 17.5 Å². The Morgan fingerprint density at radius 2 is 1.76 bits per heavy atom. The summed E-state index contributed by atoms with van der Waals surface area (Å²) < 4.78 is 24.5. The SMILES string of the molecule is CN(C)S(=O)(=O)c1ccc(C(=O)N=C=O)cc1. The standard InChI is InChI=1S/C10H10N2O4S/c1-12(2)17(15,16)9-5-3-8(4-6-9)10(14)11-7-13/h3-6H,1-2H3. The van der Waals surface area contributed by atoms with E-state index in [2.05, 4.69) is 4.99 Å². The van der Waals surface area contributed by atoms with Gasteiger partial charge in [-0.2, -0.15) is 0 Å². The molecule has 0 spiro atoms. The topological polar surface area (TPSA) is 83.9 Å². The summed E-state index contributed by atoms with van der Waals surface area (Å²) in [6.45, 7) is 0. The minimum atomic E-state index is -3.52. The van der Waals surface area contributed by atoms with Crippen molar-refractivity contribution in [3.8, 4) is 0 Å². The zero-order valence-corrected chi connectivity index (χ0v) is 10.1. The van der Waals surface area contributed by atoms with E-state index >= 15 is 0 Å². The molecule has 0 atom stereocenters. The molecule has 0 fully saturated rings. The number of sulfonamides is 1. The normalized spacial score (nSPS) is 11.0. The third-order valence-electron chi connectivity index (χ3n) is 2.03. The zero-order chi connectivity index (χ0) is 13.1. The first kappa shape index (κ1) is 13.2. The molecule has 0 N–H and O–H groups in total. The Balaban J connectivity index is 3.13. The third kappa shape index (κ3) is 2.85. The Morgan fingerprint density at radius 1 is 1.24 bits per heavy atom. The van der Waals surface area contributed by atoms with E-state index in [4.69, 9.17) is 0 Å². The third-order valence-corrected chi connectivity index (χ3v) is 3.86. The van der Waals surface area contributed by atoms with Crippen molar-refractivity contribution in [3.63, 3.8) is 0 Å². The summed E-state index contributed by atoms with van der Waals surface area (Å²) in [6.07, 6.45) is 1.13. The number of amides is 1. The molecule has 0 aliphatic heterocycles. The van der Waals surface area contributed by atoms with E-state index in [0.29, 0.717) is 0 Å². The van der Waals surface area contributed by atoms with Crippen LogP contribution in [0.5, 0.6) is 0 Å². The predicted octanol–water partition coefficient (Wildman–Crippen LogP) is 0.413. The van der Waals surface area contributed by atoms with Crippen molar-refractivity contribution < 1.29 is 18.0 Å². The average Bonchev–Trinajstić information content (AvgIpc) is 2.29. The molecule has 1 rings (SSSR count). The van der Waals surface area contributed by atoms with Gasteiger partial charge in [0.1, 0.15) is 0 Å². The second-order valence-electron chi connectivity index (χ2n) is 3.32. The summed E-state index contributed by atoms with van der Waals surface area (Å²) >= 11 is 0. The maximum absolute atomic E-state index is 11.7. The molecule has 0 aromatic heterocycles. The number of carbonyl (C=O) groups excluding carboxylic acids is 2. The van der Waals surface area contributed by atoms with Gasteiger partial charge in [0.25, 0.3) is 5.91 Å². The second-order valence-corrected chi connectivity index (χ2v) is 5.47. The quantitative estimate of drug-likeness (QED) is 0.577. The van der Waals surface area contributed by atoms with Crippen LogP contribution in [-0.2, 0) is 14.8 Å². The molecule has 1 amide bonds. The van der Waals surface area contributed by atoms with Crippen molar-refractivity contribution in [1.82, 2.24) is 4.31 Å². The van der Waals surface area contributed by atoms with Crippen molar-refractivity contribution in [2.45, 2.75) is 4.90 Å². The lowest BCUT2D eigenvalue weighted by atomic mass is 10.2. The molecule has 0 unspecified atom stereocenters. The molecule has 17 heavy (non-hydrogen) atoms. The summed E-state index contributed by atoms with van der Waals surface area (Å²) in [4.78, 5) is 24.0. The summed E-state index contributed by atoms with van der Waals surface area (Å²) in [7, 11) is -0.702. The molecule has 7 heteroatoms. The van der Waals surface area contributed by atoms with E-state index < -0.39 is 15.9 Å². The van der Waals surface area contributed by atoms with Crippen LogP contribution in [0.2, 0.25) is 0 Å².